The van der Waals surface area contributed by atoms with Crippen molar-refractivity contribution in [2.45, 2.75) is 6.04 Å². The van der Waals surface area contributed by atoms with E-state index in [1.54, 1.807) is 0 Å². The Hall–Kier alpha value is -2.11. The summed E-state index contributed by atoms with van der Waals surface area (Å²) in [7, 11) is 1.44. The van der Waals surface area contributed by atoms with Crippen LogP contribution < -0.4 is 4.90 Å². The zero-order valence-corrected chi connectivity index (χ0v) is 9.13. The van der Waals surface area contributed by atoms with E-state index in [4.69, 9.17) is 5.11 Å². The average Bonchev–Trinajstić information content (AvgIpc) is 2.58. The van der Waals surface area contributed by atoms with Crippen LogP contribution in [0.4, 0.5) is 14.9 Å². The first-order valence-electron chi connectivity index (χ1n) is 5.03. The maximum atomic E-state index is 12.7. The number of carbonyl (C=O) groups excluding carboxylic acids is 1. The molecule has 0 spiro atoms. The molecule has 90 valence electrons. The van der Waals surface area contributed by atoms with E-state index in [9.17, 15) is 14.0 Å². The SMILES string of the molecule is CN1C(=O)N(c2ccc(F)cc2)CC1C(=O)O. The van der Waals surface area contributed by atoms with Gasteiger partial charge in [0.15, 0.2) is 0 Å². The zero-order chi connectivity index (χ0) is 12.6. The molecule has 1 saturated heterocycles. The molecule has 1 atom stereocenters. The van der Waals surface area contributed by atoms with Crippen molar-refractivity contribution in [3.8, 4) is 0 Å². The van der Waals surface area contributed by atoms with Gasteiger partial charge in [-0.1, -0.05) is 0 Å². The summed E-state index contributed by atoms with van der Waals surface area (Å²) < 4.78 is 12.7. The summed E-state index contributed by atoms with van der Waals surface area (Å²) in [5, 5.41) is 8.93. The second kappa shape index (κ2) is 4.04. The molecule has 0 saturated carbocycles. The van der Waals surface area contributed by atoms with Crippen molar-refractivity contribution in [2.75, 3.05) is 18.5 Å². The van der Waals surface area contributed by atoms with E-state index >= 15 is 0 Å². The van der Waals surface area contributed by atoms with Crippen LogP contribution in [-0.4, -0.2) is 41.6 Å². The molecule has 1 aliphatic rings. The minimum absolute atomic E-state index is 0.0658. The quantitative estimate of drug-likeness (QED) is 0.840. The van der Waals surface area contributed by atoms with Gasteiger partial charge >= 0.3 is 12.0 Å². The number of rotatable bonds is 2. The van der Waals surface area contributed by atoms with E-state index in [0.717, 1.165) is 4.90 Å². The van der Waals surface area contributed by atoms with E-state index in [2.05, 4.69) is 0 Å². The van der Waals surface area contributed by atoms with Crippen LogP contribution >= 0.6 is 0 Å². The number of hydrogen-bond acceptors (Lipinski definition) is 2. The van der Waals surface area contributed by atoms with Crippen LogP contribution in [0.25, 0.3) is 0 Å². The van der Waals surface area contributed by atoms with Crippen LogP contribution in [-0.2, 0) is 4.79 Å². The number of urea groups is 1. The maximum Gasteiger partial charge on any atom is 0.328 e. The molecule has 1 N–H and O–H groups in total. The molecule has 1 heterocycles. The second-order valence-electron chi connectivity index (χ2n) is 3.83. The number of halogens is 1. The summed E-state index contributed by atoms with van der Waals surface area (Å²) in [4.78, 5) is 25.2. The summed E-state index contributed by atoms with van der Waals surface area (Å²) >= 11 is 0. The summed E-state index contributed by atoms with van der Waals surface area (Å²) in [6, 6.07) is 4.10. The number of aliphatic carboxylic acids is 1. The molecule has 17 heavy (non-hydrogen) atoms. The van der Waals surface area contributed by atoms with Crippen LogP contribution in [0.15, 0.2) is 24.3 Å². The molecule has 1 fully saturated rings. The average molecular weight is 238 g/mol. The first-order chi connectivity index (χ1) is 8.00. The molecule has 0 aromatic heterocycles. The van der Waals surface area contributed by atoms with E-state index in [1.807, 2.05) is 0 Å². The summed E-state index contributed by atoms with van der Waals surface area (Å²) in [6.07, 6.45) is 0. The number of benzene rings is 1. The molecule has 0 radical (unpaired) electrons. The number of amides is 2. The maximum absolute atomic E-state index is 12.7. The third-order valence-corrected chi connectivity index (χ3v) is 2.78. The van der Waals surface area contributed by atoms with E-state index in [-0.39, 0.29) is 6.54 Å². The Morgan fingerprint density at radius 2 is 2.00 bits per heavy atom. The Balaban J connectivity index is 2.26. The van der Waals surface area contributed by atoms with Crippen LogP contribution in [0, 0.1) is 5.82 Å². The third kappa shape index (κ3) is 1.93. The van der Waals surface area contributed by atoms with Crippen LogP contribution in [0.3, 0.4) is 0 Å². The van der Waals surface area contributed by atoms with Crippen molar-refractivity contribution in [3.05, 3.63) is 30.1 Å². The molecule has 0 bridgehead atoms. The van der Waals surface area contributed by atoms with E-state index < -0.39 is 23.9 Å². The molecule has 1 aliphatic heterocycles. The largest absolute Gasteiger partial charge is 0.480 e. The molecule has 1 unspecified atom stereocenters. The minimum atomic E-state index is -1.05. The van der Waals surface area contributed by atoms with Crippen LogP contribution in [0.5, 0.6) is 0 Å². The highest BCUT2D eigenvalue weighted by Crippen LogP contribution is 2.23. The highest BCUT2D eigenvalue weighted by atomic mass is 19.1. The number of carboxylic acids is 1. The topological polar surface area (TPSA) is 60.9 Å². The number of likely N-dealkylation sites (N-methyl/N-ethyl adjacent to an activating group) is 1. The van der Waals surface area contributed by atoms with Gasteiger partial charge in [0.05, 0.1) is 6.54 Å². The van der Waals surface area contributed by atoms with Gasteiger partial charge in [-0.15, -0.1) is 0 Å². The van der Waals surface area contributed by atoms with Crippen molar-refractivity contribution in [3.63, 3.8) is 0 Å². The Kier molecular flexibility index (Phi) is 2.71. The summed E-state index contributed by atoms with van der Waals surface area (Å²) in [6.45, 7) is 0.0658. The highest BCUT2D eigenvalue weighted by molar-refractivity contribution is 5.98. The van der Waals surface area contributed by atoms with Crippen molar-refractivity contribution in [1.82, 2.24) is 4.90 Å². The van der Waals surface area contributed by atoms with Gasteiger partial charge in [0.2, 0.25) is 0 Å². The Bertz CT molecular complexity index is 460. The Labute approximate surface area is 97.1 Å². The number of carboxylic acid groups (broad SMARTS) is 1. The lowest BCUT2D eigenvalue weighted by atomic mass is 10.2. The molecule has 2 amide bonds. The summed E-state index contributed by atoms with van der Waals surface area (Å²) in [5.41, 5.74) is 0.493. The first kappa shape index (κ1) is 11.4. The molecule has 6 heteroatoms. The fourth-order valence-corrected chi connectivity index (χ4v) is 1.78. The highest BCUT2D eigenvalue weighted by Gasteiger charge is 2.39. The van der Waals surface area contributed by atoms with Gasteiger partial charge in [-0.25, -0.2) is 14.0 Å². The first-order valence-corrected chi connectivity index (χ1v) is 5.03. The number of anilines is 1. The predicted molar refractivity (Wildman–Crippen MR) is 58.3 cm³/mol. The molecule has 1 aromatic rings. The van der Waals surface area contributed by atoms with Crippen molar-refractivity contribution < 1.29 is 19.1 Å². The van der Waals surface area contributed by atoms with Crippen molar-refractivity contribution in [2.24, 2.45) is 0 Å². The molecule has 5 nitrogen and oxygen atoms in total. The fourth-order valence-electron chi connectivity index (χ4n) is 1.78. The predicted octanol–water partition coefficient (Wildman–Crippen LogP) is 1.15. The second-order valence-corrected chi connectivity index (χ2v) is 3.83. The van der Waals surface area contributed by atoms with Crippen molar-refractivity contribution >= 4 is 17.7 Å². The van der Waals surface area contributed by atoms with Gasteiger partial charge in [0, 0.05) is 12.7 Å². The Morgan fingerprint density at radius 3 is 2.47 bits per heavy atom. The van der Waals surface area contributed by atoms with Crippen molar-refractivity contribution in [1.29, 1.82) is 0 Å². The van der Waals surface area contributed by atoms with Gasteiger partial charge < -0.3 is 10.0 Å². The fraction of sp³-hybridized carbons (Fsp3) is 0.273. The van der Waals surface area contributed by atoms with Crippen LogP contribution in [0.2, 0.25) is 0 Å². The smallest absolute Gasteiger partial charge is 0.328 e. The van der Waals surface area contributed by atoms with Crippen LogP contribution in [0.1, 0.15) is 0 Å². The lowest BCUT2D eigenvalue weighted by Gasteiger charge is -2.15. The van der Waals surface area contributed by atoms with Gasteiger partial charge in [-0.3, -0.25) is 4.90 Å². The molecule has 2 rings (SSSR count). The number of nitrogens with zero attached hydrogens (tertiary/aromatic N) is 2. The molecule has 0 aliphatic carbocycles. The normalized spacial score (nSPS) is 19.9. The standard InChI is InChI=1S/C11H11FN2O3/c1-13-9(10(15)16)6-14(11(13)17)8-4-2-7(12)3-5-8/h2-5,9H,6H2,1H3,(H,15,16). The van der Waals surface area contributed by atoms with Gasteiger partial charge in [-0.2, -0.15) is 0 Å². The zero-order valence-electron chi connectivity index (χ0n) is 9.13. The lowest BCUT2D eigenvalue weighted by molar-refractivity contribution is -0.140. The van der Waals surface area contributed by atoms with Gasteiger partial charge in [0.1, 0.15) is 11.9 Å². The summed E-state index contributed by atoms with van der Waals surface area (Å²) in [5.74, 6) is -1.45. The number of hydrogen-bond donors (Lipinski definition) is 1. The van der Waals surface area contributed by atoms with Gasteiger partial charge in [0.25, 0.3) is 0 Å². The number of carbonyl (C=O) groups is 2. The Morgan fingerprint density at radius 1 is 1.41 bits per heavy atom. The lowest BCUT2D eigenvalue weighted by Crippen LogP contribution is -2.36. The third-order valence-electron chi connectivity index (χ3n) is 2.78. The van der Waals surface area contributed by atoms with E-state index in [1.165, 1.54) is 36.2 Å². The molecular formula is C11H11FN2O3. The molecular weight excluding hydrogens is 227 g/mol. The monoisotopic (exact) mass is 238 g/mol. The van der Waals surface area contributed by atoms with Gasteiger partial charge in [-0.05, 0) is 24.3 Å². The van der Waals surface area contributed by atoms with E-state index in [0.29, 0.717) is 5.69 Å². The minimum Gasteiger partial charge on any atom is -0.480 e. The molecule has 1 aromatic carbocycles.